The van der Waals surface area contributed by atoms with Gasteiger partial charge in [0.2, 0.25) is 0 Å². The van der Waals surface area contributed by atoms with Gasteiger partial charge in [0.1, 0.15) is 5.69 Å². The zero-order valence-corrected chi connectivity index (χ0v) is 16.8. The minimum absolute atomic E-state index is 0.0572. The Kier molecular flexibility index (Phi) is 4.62. The van der Waals surface area contributed by atoms with Crippen molar-refractivity contribution < 1.29 is 18.0 Å². The van der Waals surface area contributed by atoms with Crippen LogP contribution in [0.1, 0.15) is 12.5 Å². The average molecular weight is 430 g/mol. The number of halogens is 3. The molecule has 10 heteroatoms. The number of hydrogen-bond donors (Lipinski definition) is 2. The second kappa shape index (κ2) is 7.23. The lowest BCUT2D eigenvalue weighted by atomic mass is 10.00. The number of rotatable bonds is 3. The molecule has 1 saturated heterocycles. The third-order valence-electron chi connectivity index (χ3n) is 6.02. The molecule has 5 rings (SSSR count). The van der Waals surface area contributed by atoms with Crippen LogP contribution in [0.25, 0.3) is 22.2 Å². The molecule has 0 spiro atoms. The van der Waals surface area contributed by atoms with Crippen molar-refractivity contribution in [3.05, 3.63) is 42.2 Å². The van der Waals surface area contributed by atoms with Gasteiger partial charge in [-0.05, 0) is 35.7 Å². The van der Waals surface area contributed by atoms with E-state index in [9.17, 15) is 18.0 Å². The van der Waals surface area contributed by atoms with Gasteiger partial charge in [0, 0.05) is 48.7 Å². The monoisotopic (exact) mass is 430 g/mol. The second-order valence-electron chi connectivity index (χ2n) is 8.28. The Morgan fingerprint density at radius 1 is 1.26 bits per heavy atom. The summed E-state index contributed by atoms with van der Waals surface area (Å²) in [5.41, 5.74) is 4.02. The number of alkyl halides is 3. The number of carbonyl (C=O) groups is 1. The molecular formula is C21H21F3N6O. The Balaban J connectivity index is 1.44. The lowest BCUT2D eigenvalue weighted by Crippen LogP contribution is -2.48. The first kappa shape index (κ1) is 19.8. The highest BCUT2D eigenvalue weighted by Crippen LogP contribution is 2.35. The number of nitrogens with one attached hydrogen (secondary N) is 2. The predicted octanol–water partition coefficient (Wildman–Crippen LogP) is 3.86. The Labute approximate surface area is 176 Å². The van der Waals surface area contributed by atoms with E-state index in [0.29, 0.717) is 18.8 Å². The van der Waals surface area contributed by atoms with Gasteiger partial charge in [-0.3, -0.25) is 15.0 Å². The Morgan fingerprint density at radius 3 is 2.84 bits per heavy atom. The fourth-order valence-electron chi connectivity index (χ4n) is 4.63. The molecule has 162 valence electrons. The van der Waals surface area contributed by atoms with Gasteiger partial charge in [0.05, 0.1) is 18.1 Å². The summed E-state index contributed by atoms with van der Waals surface area (Å²) >= 11 is 0. The van der Waals surface area contributed by atoms with Crippen LogP contribution in [0.3, 0.4) is 0 Å². The maximum absolute atomic E-state index is 12.8. The molecule has 2 aromatic heterocycles. The molecule has 31 heavy (non-hydrogen) atoms. The van der Waals surface area contributed by atoms with Crippen LogP contribution in [0.2, 0.25) is 0 Å². The third-order valence-corrected chi connectivity index (χ3v) is 6.02. The predicted molar refractivity (Wildman–Crippen MR) is 109 cm³/mol. The number of anilines is 1. The lowest BCUT2D eigenvalue weighted by molar-refractivity contribution is -0.144. The second-order valence-corrected chi connectivity index (χ2v) is 8.28. The van der Waals surface area contributed by atoms with Crippen molar-refractivity contribution in [1.82, 2.24) is 25.0 Å². The van der Waals surface area contributed by atoms with Crippen LogP contribution in [-0.2, 0) is 6.54 Å². The first-order valence-electron chi connectivity index (χ1n) is 10.1. The fraction of sp³-hybridized carbons (Fsp3) is 0.381. The summed E-state index contributed by atoms with van der Waals surface area (Å²) in [6.07, 6.45) is -0.821. The molecule has 2 N–H and O–H groups in total. The maximum atomic E-state index is 12.8. The fourth-order valence-corrected chi connectivity index (χ4v) is 4.63. The molecule has 2 aliphatic heterocycles. The van der Waals surface area contributed by atoms with E-state index in [1.165, 1.54) is 4.90 Å². The van der Waals surface area contributed by atoms with Gasteiger partial charge < -0.3 is 10.2 Å². The molecule has 4 heterocycles. The molecule has 0 bridgehead atoms. The molecule has 0 aliphatic carbocycles. The van der Waals surface area contributed by atoms with Crippen LogP contribution in [0.4, 0.5) is 23.7 Å². The van der Waals surface area contributed by atoms with Crippen LogP contribution in [0.15, 0.2) is 36.7 Å². The van der Waals surface area contributed by atoms with E-state index in [1.54, 1.807) is 17.3 Å². The zero-order chi connectivity index (χ0) is 21.8. The number of amides is 2. The lowest BCUT2D eigenvalue weighted by Gasteiger charge is -2.35. The Bertz CT molecular complexity index is 1130. The first-order valence-corrected chi connectivity index (χ1v) is 10.1. The van der Waals surface area contributed by atoms with Gasteiger partial charge >= 0.3 is 12.2 Å². The molecule has 0 radical (unpaired) electrons. The molecule has 1 aromatic carbocycles. The summed E-state index contributed by atoms with van der Waals surface area (Å²) < 4.78 is 38.5. The zero-order valence-electron chi connectivity index (χ0n) is 16.8. The van der Waals surface area contributed by atoms with Crippen molar-refractivity contribution in [1.29, 1.82) is 0 Å². The third kappa shape index (κ3) is 3.71. The van der Waals surface area contributed by atoms with Crippen LogP contribution in [-0.4, -0.2) is 62.9 Å². The largest absolute Gasteiger partial charge is 0.401 e. The van der Waals surface area contributed by atoms with Crippen LogP contribution in [0.5, 0.6) is 0 Å². The molecule has 1 fully saturated rings. The van der Waals surface area contributed by atoms with Gasteiger partial charge in [-0.25, -0.2) is 4.79 Å². The van der Waals surface area contributed by atoms with Crippen LogP contribution >= 0.6 is 0 Å². The smallest absolute Gasteiger partial charge is 0.316 e. The summed E-state index contributed by atoms with van der Waals surface area (Å²) in [6, 6.07) is 7.02. The number of aromatic amines is 1. The molecule has 0 saturated carbocycles. The Morgan fingerprint density at radius 2 is 2.10 bits per heavy atom. The molecule has 3 aromatic rings. The number of pyridine rings is 1. The molecule has 2 aliphatic rings. The number of urea groups is 1. The summed E-state index contributed by atoms with van der Waals surface area (Å²) in [5, 5.41) is 11.2. The van der Waals surface area contributed by atoms with Gasteiger partial charge in [-0.1, -0.05) is 6.92 Å². The summed E-state index contributed by atoms with van der Waals surface area (Å²) in [5.74, 6) is -0.0572. The highest BCUT2D eigenvalue weighted by Gasteiger charge is 2.42. The topological polar surface area (TPSA) is 77.2 Å². The van der Waals surface area contributed by atoms with Crippen molar-refractivity contribution in [2.24, 2.45) is 5.92 Å². The molecule has 2 amide bonds. The van der Waals surface area contributed by atoms with Gasteiger partial charge in [-0.15, -0.1) is 0 Å². The molecule has 2 atom stereocenters. The van der Waals surface area contributed by atoms with Crippen LogP contribution in [0, 0.1) is 5.92 Å². The van der Waals surface area contributed by atoms with Crippen molar-refractivity contribution in [2.75, 3.05) is 25.0 Å². The van der Waals surface area contributed by atoms with E-state index in [-0.39, 0.29) is 24.5 Å². The number of hydrogen-bond acceptors (Lipinski definition) is 4. The maximum Gasteiger partial charge on any atom is 0.401 e. The van der Waals surface area contributed by atoms with Crippen molar-refractivity contribution in [3.63, 3.8) is 0 Å². The SMILES string of the molecule is CC1CN(CC(F)(F)F)CC1N1Cc2cc3c(-c4cccnc4)n[nH]c3cc2NC1=O. The molecular weight excluding hydrogens is 409 g/mol. The summed E-state index contributed by atoms with van der Waals surface area (Å²) in [4.78, 5) is 20.0. The van der Waals surface area contributed by atoms with Crippen molar-refractivity contribution in [3.8, 4) is 11.3 Å². The summed E-state index contributed by atoms with van der Waals surface area (Å²) in [7, 11) is 0. The highest BCUT2D eigenvalue weighted by molar-refractivity contribution is 6.00. The Hall–Kier alpha value is -3.14. The number of H-pyrrole nitrogens is 1. The number of nitrogens with zero attached hydrogens (tertiary/aromatic N) is 4. The van der Waals surface area contributed by atoms with E-state index < -0.39 is 12.7 Å². The number of likely N-dealkylation sites (tertiary alicyclic amines) is 1. The standard InChI is InChI=1S/C21H21F3N6O/c1-12-8-29(11-21(22,23)24)10-18(12)30-9-14-5-15-17(6-16(14)26-20(30)31)27-28-19(15)13-3-2-4-25-7-13/h2-7,12,18H,8-11H2,1H3,(H,26,31)(H,27,28). The van der Waals surface area contributed by atoms with E-state index in [4.69, 9.17) is 0 Å². The van der Waals surface area contributed by atoms with Gasteiger partial charge in [0.25, 0.3) is 0 Å². The number of fused-ring (bicyclic) bond motifs is 2. The van der Waals surface area contributed by atoms with E-state index >= 15 is 0 Å². The number of carbonyl (C=O) groups excluding carboxylic acids is 1. The highest BCUT2D eigenvalue weighted by atomic mass is 19.4. The molecule has 2 unspecified atom stereocenters. The van der Waals surface area contributed by atoms with Gasteiger partial charge in [0.15, 0.2) is 0 Å². The van der Waals surface area contributed by atoms with Crippen molar-refractivity contribution in [2.45, 2.75) is 25.7 Å². The quantitative estimate of drug-likeness (QED) is 0.662. The summed E-state index contributed by atoms with van der Waals surface area (Å²) in [6.45, 7) is 1.79. The van der Waals surface area contributed by atoms with Crippen LogP contribution < -0.4 is 5.32 Å². The molecule has 7 nitrogen and oxygen atoms in total. The average Bonchev–Trinajstić information content (AvgIpc) is 3.27. The van der Waals surface area contributed by atoms with E-state index in [2.05, 4.69) is 20.5 Å². The number of aromatic nitrogens is 3. The minimum Gasteiger partial charge on any atom is -0.316 e. The van der Waals surface area contributed by atoms with Gasteiger partial charge in [-0.2, -0.15) is 18.3 Å². The normalized spacial score (nSPS) is 22.1. The van der Waals surface area contributed by atoms with E-state index in [1.807, 2.05) is 31.2 Å². The van der Waals surface area contributed by atoms with Crippen molar-refractivity contribution >= 4 is 22.6 Å². The number of benzene rings is 1. The minimum atomic E-state index is -4.25. The first-order chi connectivity index (χ1) is 14.8. The van der Waals surface area contributed by atoms with E-state index in [0.717, 1.165) is 27.7 Å².